The van der Waals surface area contributed by atoms with Crippen molar-refractivity contribution in [3.8, 4) is 0 Å². The lowest BCUT2D eigenvalue weighted by Crippen LogP contribution is -2.50. The van der Waals surface area contributed by atoms with Crippen molar-refractivity contribution in [1.82, 2.24) is 9.21 Å². The molecule has 1 unspecified atom stereocenters. The first-order chi connectivity index (χ1) is 11.9. The van der Waals surface area contributed by atoms with E-state index in [1.165, 1.54) is 16.4 Å². The fourth-order valence-corrected chi connectivity index (χ4v) is 5.15. The number of hydrogen-bond donors (Lipinski definition) is 0. The van der Waals surface area contributed by atoms with E-state index in [4.69, 9.17) is 4.74 Å². The largest absolute Gasteiger partial charge is 0.381 e. The molecule has 0 N–H and O–H groups in total. The van der Waals surface area contributed by atoms with Crippen LogP contribution in [0.2, 0.25) is 0 Å². The van der Waals surface area contributed by atoms with Gasteiger partial charge in [-0.25, -0.2) is 12.8 Å². The average molecular weight is 370 g/mol. The van der Waals surface area contributed by atoms with E-state index < -0.39 is 21.9 Å². The molecule has 2 aliphatic heterocycles. The summed E-state index contributed by atoms with van der Waals surface area (Å²) in [7, 11) is -2.08. The quantitative estimate of drug-likeness (QED) is 0.808. The second-order valence-electron chi connectivity index (χ2n) is 6.52. The molecule has 1 aromatic carbocycles. The molecule has 0 aromatic heterocycles. The van der Waals surface area contributed by atoms with Gasteiger partial charge in [0.25, 0.3) is 0 Å². The Hall–Kier alpha value is -1.51. The molecule has 0 aliphatic carbocycles. The normalized spacial score (nSPS) is 22.9. The van der Waals surface area contributed by atoms with Gasteiger partial charge in [-0.1, -0.05) is 0 Å². The van der Waals surface area contributed by atoms with Gasteiger partial charge < -0.3 is 9.64 Å². The Labute approximate surface area is 147 Å². The average Bonchev–Trinajstić information content (AvgIpc) is 3.12. The summed E-state index contributed by atoms with van der Waals surface area (Å²) in [6, 6.07) is 4.11. The molecule has 25 heavy (non-hydrogen) atoms. The Morgan fingerprint density at radius 3 is 2.48 bits per heavy atom. The van der Waals surface area contributed by atoms with Gasteiger partial charge in [0.15, 0.2) is 0 Å². The molecule has 0 spiro atoms. The van der Waals surface area contributed by atoms with Crippen LogP contribution >= 0.6 is 0 Å². The summed E-state index contributed by atoms with van der Waals surface area (Å²) in [6.45, 7) is 1.53. The Kier molecular flexibility index (Phi) is 5.41. The Bertz CT molecular complexity index is 717. The number of nitrogens with zero attached hydrogens (tertiary/aromatic N) is 2. The number of ether oxygens (including phenoxy) is 1. The van der Waals surface area contributed by atoms with E-state index >= 15 is 0 Å². The summed E-state index contributed by atoms with van der Waals surface area (Å²) in [4.78, 5) is 14.6. The van der Waals surface area contributed by atoms with E-state index in [-0.39, 0.29) is 16.8 Å². The number of rotatable bonds is 4. The summed E-state index contributed by atoms with van der Waals surface area (Å²) < 4.78 is 45.4. The third kappa shape index (κ3) is 3.70. The van der Waals surface area contributed by atoms with Gasteiger partial charge in [0.1, 0.15) is 11.9 Å². The summed E-state index contributed by atoms with van der Waals surface area (Å²) in [6.07, 6.45) is 2.67. The molecule has 2 heterocycles. The number of amides is 1. The van der Waals surface area contributed by atoms with Crippen LogP contribution in [-0.4, -0.2) is 62.4 Å². The molecule has 2 fully saturated rings. The number of hydrogen-bond acceptors (Lipinski definition) is 4. The summed E-state index contributed by atoms with van der Waals surface area (Å²) >= 11 is 0. The SMILES string of the molecule is CN(C(=O)C1CCCN1S(=O)(=O)c1ccc(F)cc1)C1CCOCC1. The third-order valence-corrected chi connectivity index (χ3v) is 6.92. The summed E-state index contributed by atoms with van der Waals surface area (Å²) in [5.74, 6) is -0.665. The molecule has 2 aliphatic rings. The Morgan fingerprint density at radius 2 is 1.84 bits per heavy atom. The number of carbonyl (C=O) groups excluding carboxylic acids is 1. The van der Waals surface area contributed by atoms with Crippen LogP contribution in [0.5, 0.6) is 0 Å². The van der Waals surface area contributed by atoms with Crippen LogP contribution in [0.3, 0.4) is 0 Å². The van der Waals surface area contributed by atoms with Gasteiger partial charge in [-0.3, -0.25) is 4.79 Å². The van der Waals surface area contributed by atoms with E-state index in [1.54, 1.807) is 11.9 Å². The van der Waals surface area contributed by atoms with Gasteiger partial charge in [0, 0.05) is 32.8 Å². The van der Waals surface area contributed by atoms with Crippen molar-refractivity contribution in [2.75, 3.05) is 26.8 Å². The maximum absolute atomic E-state index is 13.1. The monoisotopic (exact) mass is 370 g/mol. The van der Waals surface area contributed by atoms with Crippen LogP contribution < -0.4 is 0 Å². The molecule has 0 bridgehead atoms. The molecule has 138 valence electrons. The highest BCUT2D eigenvalue weighted by Crippen LogP contribution is 2.28. The van der Waals surface area contributed by atoms with Gasteiger partial charge in [-0.2, -0.15) is 4.31 Å². The van der Waals surface area contributed by atoms with Crippen molar-refractivity contribution in [2.45, 2.75) is 42.7 Å². The Balaban J connectivity index is 1.79. The van der Waals surface area contributed by atoms with Crippen molar-refractivity contribution in [1.29, 1.82) is 0 Å². The minimum absolute atomic E-state index is 0.0160. The maximum atomic E-state index is 13.1. The zero-order valence-electron chi connectivity index (χ0n) is 14.2. The third-order valence-electron chi connectivity index (χ3n) is 5.00. The molecule has 0 saturated carbocycles. The first-order valence-electron chi connectivity index (χ1n) is 8.53. The zero-order chi connectivity index (χ0) is 18.0. The molecule has 8 heteroatoms. The van der Waals surface area contributed by atoms with E-state index in [9.17, 15) is 17.6 Å². The van der Waals surface area contributed by atoms with E-state index in [2.05, 4.69) is 0 Å². The van der Waals surface area contributed by atoms with Crippen LogP contribution in [-0.2, 0) is 19.6 Å². The zero-order valence-corrected chi connectivity index (χ0v) is 15.0. The minimum Gasteiger partial charge on any atom is -0.381 e. The van der Waals surface area contributed by atoms with Gasteiger partial charge in [-0.15, -0.1) is 0 Å². The summed E-state index contributed by atoms with van der Waals surface area (Å²) in [5.41, 5.74) is 0. The highest BCUT2D eigenvalue weighted by Gasteiger charge is 2.41. The van der Waals surface area contributed by atoms with E-state index in [0.29, 0.717) is 32.6 Å². The lowest BCUT2D eigenvalue weighted by molar-refractivity contribution is -0.137. The van der Waals surface area contributed by atoms with Crippen LogP contribution in [0.4, 0.5) is 4.39 Å². The number of benzene rings is 1. The van der Waals surface area contributed by atoms with Crippen molar-refractivity contribution in [3.05, 3.63) is 30.1 Å². The molecule has 1 aromatic rings. The van der Waals surface area contributed by atoms with Crippen LogP contribution in [0.15, 0.2) is 29.2 Å². The fraction of sp³-hybridized carbons (Fsp3) is 0.588. The van der Waals surface area contributed by atoms with Gasteiger partial charge >= 0.3 is 0 Å². The second-order valence-corrected chi connectivity index (χ2v) is 8.41. The topological polar surface area (TPSA) is 66.9 Å². The molecule has 6 nitrogen and oxygen atoms in total. The van der Waals surface area contributed by atoms with E-state index in [1.807, 2.05) is 0 Å². The standard InChI is InChI=1S/C17H23FN2O4S/c1-19(14-8-11-24-12-9-14)17(21)16-3-2-10-20(16)25(22,23)15-6-4-13(18)5-7-15/h4-7,14,16H,2-3,8-12H2,1H3. The number of sulfonamides is 1. The molecule has 1 amide bonds. The van der Waals surface area contributed by atoms with Crippen LogP contribution in [0, 0.1) is 5.82 Å². The smallest absolute Gasteiger partial charge is 0.243 e. The van der Waals surface area contributed by atoms with Gasteiger partial charge in [-0.05, 0) is 49.9 Å². The number of halogens is 1. The van der Waals surface area contributed by atoms with Crippen molar-refractivity contribution in [3.63, 3.8) is 0 Å². The first kappa shape index (κ1) is 18.3. The molecule has 1 atom stereocenters. The second kappa shape index (κ2) is 7.39. The predicted molar refractivity (Wildman–Crippen MR) is 89.9 cm³/mol. The van der Waals surface area contributed by atoms with Gasteiger partial charge in [0.2, 0.25) is 15.9 Å². The first-order valence-corrected chi connectivity index (χ1v) is 9.97. The van der Waals surface area contributed by atoms with Crippen molar-refractivity contribution in [2.24, 2.45) is 0 Å². The molecule has 2 saturated heterocycles. The maximum Gasteiger partial charge on any atom is 0.243 e. The molecule has 0 radical (unpaired) electrons. The molecular formula is C17H23FN2O4S. The number of likely N-dealkylation sites (N-methyl/N-ethyl adjacent to an activating group) is 1. The minimum atomic E-state index is -3.82. The van der Waals surface area contributed by atoms with Crippen molar-refractivity contribution < 1.29 is 22.3 Å². The van der Waals surface area contributed by atoms with E-state index in [0.717, 1.165) is 25.0 Å². The van der Waals surface area contributed by atoms with Crippen LogP contribution in [0.1, 0.15) is 25.7 Å². The molecule has 3 rings (SSSR count). The fourth-order valence-electron chi connectivity index (χ4n) is 3.50. The van der Waals surface area contributed by atoms with Gasteiger partial charge in [0.05, 0.1) is 4.90 Å². The highest BCUT2D eigenvalue weighted by molar-refractivity contribution is 7.89. The lowest BCUT2D eigenvalue weighted by atomic mass is 10.1. The summed E-state index contributed by atoms with van der Waals surface area (Å²) in [5, 5.41) is 0. The molecular weight excluding hydrogens is 347 g/mol. The predicted octanol–water partition coefficient (Wildman–Crippen LogP) is 1.62. The van der Waals surface area contributed by atoms with Crippen LogP contribution in [0.25, 0.3) is 0 Å². The lowest BCUT2D eigenvalue weighted by Gasteiger charge is -2.34. The highest BCUT2D eigenvalue weighted by atomic mass is 32.2. The Morgan fingerprint density at radius 1 is 1.20 bits per heavy atom. The van der Waals surface area contributed by atoms with Crippen molar-refractivity contribution >= 4 is 15.9 Å². The number of carbonyl (C=O) groups is 1.